The zero-order chi connectivity index (χ0) is 8.39. The number of nitrogens with zero attached hydrogens (tertiary/aromatic N) is 5. The van der Waals surface area contributed by atoms with Crippen molar-refractivity contribution in [2.45, 2.75) is 0 Å². The van der Waals surface area contributed by atoms with Crippen LogP contribution in [0.25, 0.3) is 5.65 Å². The monoisotopic (exact) mass is 161 g/mol. The summed E-state index contributed by atoms with van der Waals surface area (Å²) in [6.45, 7) is 0. The van der Waals surface area contributed by atoms with Crippen molar-refractivity contribution in [2.75, 3.05) is 0 Å². The number of aromatic nitrogens is 4. The molecule has 2 rings (SSSR count). The minimum Gasteiger partial charge on any atom is -0.211 e. The summed E-state index contributed by atoms with van der Waals surface area (Å²) in [6, 6.07) is 3.21. The molecule has 0 saturated heterocycles. The molecule has 0 aliphatic rings. The molecule has 2 aromatic rings. The molecular formula is C6H3N5O. The number of rotatable bonds is 1. The second kappa shape index (κ2) is 2.52. The van der Waals surface area contributed by atoms with Crippen LogP contribution in [0.2, 0.25) is 0 Å². The summed E-state index contributed by atoms with van der Waals surface area (Å²) in [5, 5.41) is 10.7. The standard InChI is InChI=1S/C6H3N5O/c12-4-7-5-1-2-11-6(3-5)8-9-10-11/h1-3H. The summed E-state index contributed by atoms with van der Waals surface area (Å²) < 4.78 is 1.48. The van der Waals surface area contributed by atoms with Gasteiger partial charge in [0.15, 0.2) is 5.65 Å². The van der Waals surface area contributed by atoms with E-state index in [1.165, 1.54) is 10.6 Å². The number of aliphatic imine (C=N–C) groups is 1. The number of isocyanates is 1. The van der Waals surface area contributed by atoms with Crippen molar-refractivity contribution < 1.29 is 4.79 Å². The van der Waals surface area contributed by atoms with Gasteiger partial charge >= 0.3 is 0 Å². The molecule has 0 radical (unpaired) electrons. The van der Waals surface area contributed by atoms with Crippen molar-refractivity contribution in [3.63, 3.8) is 0 Å². The number of hydrogen-bond acceptors (Lipinski definition) is 5. The third-order valence-corrected chi connectivity index (χ3v) is 1.36. The fourth-order valence-electron chi connectivity index (χ4n) is 0.851. The summed E-state index contributed by atoms with van der Waals surface area (Å²) in [5.74, 6) is 0. The molecule has 0 unspecified atom stereocenters. The highest BCUT2D eigenvalue weighted by Gasteiger charge is 1.96. The van der Waals surface area contributed by atoms with Crippen LogP contribution in [0.3, 0.4) is 0 Å². The molecule has 6 heteroatoms. The highest BCUT2D eigenvalue weighted by Crippen LogP contribution is 2.10. The van der Waals surface area contributed by atoms with Crippen molar-refractivity contribution in [1.82, 2.24) is 20.0 Å². The molecule has 58 valence electrons. The number of hydrogen-bond donors (Lipinski definition) is 0. The average Bonchev–Trinajstić information content (AvgIpc) is 2.51. The van der Waals surface area contributed by atoms with Gasteiger partial charge in [-0.2, -0.15) is 4.99 Å². The van der Waals surface area contributed by atoms with Gasteiger partial charge in [-0.15, -0.1) is 5.10 Å². The number of carbonyl (C=O) groups excluding carboxylic acids is 1. The first-order valence-corrected chi connectivity index (χ1v) is 3.16. The van der Waals surface area contributed by atoms with Gasteiger partial charge in [-0.05, 0) is 16.5 Å². The number of tetrazole rings is 1. The molecule has 0 spiro atoms. The van der Waals surface area contributed by atoms with Gasteiger partial charge in [0.25, 0.3) is 0 Å². The van der Waals surface area contributed by atoms with Crippen LogP contribution in [0.4, 0.5) is 5.69 Å². The minimum absolute atomic E-state index is 0.493. The van der Waals surface area contributed by atoms with Crippen molar-refractivity contribution >= 4 is 17.4 Å². The molecule has 0 saturated carbocycles. The predicted molar refractivity (Wildman–Crippen MR) is 38.6 cm³/mol. The van der Waals surface area contributed by atoms with Crippen LogP contribution in [-0.2, 0) is 4.79 Å². The van der Waals surface area contributed by atoms with E-state index in [4.69, 9.17) is 0 Å². The Labute approximate surface area is 66.5 Å². The maximum Gasteiger partial charge on any atom is 0.240 e. The largest absolute Gasteiger partial charge is 0.240 e. The van der Waals surface area contributed by atoms with Crippen LogP contribution < -0.4 is 0 Å². The second-order valence-electron chi connectivity index (χ2n) is 2.07. The van der Waals surface area contributed by atoms with Gasteiger partial charge in [0.1, 0.15) is 0 Å². The minimum atomic E-state index is 0.493. The van der Waals surface area contributed by atoms with Crippen LogP contribution >= 0.6 is 0 Å². The fraction of sp³-hybridized carbons (Fsp3) is 0. The Morgan fingerprint density at radius 2 is 2.50 bits per heavy atom. The third-order valence-electron chi connectivity index (χ3n) is 1.36. The number of fused-ring (bicyclic) bond motifs is 1. The van der Waals surface area contributed by atoms with Crippen molar-refractivity contribution in [3.05, 3.63) is 18.3 Å². The topological polar surface area (TPSA) is 72.5 Å². The summed E-state index contributed by atoms with van der Waals surface area (Å²) in [6.07, 6.45) is 3.05. The van der Waals surface area contributed by atoms with Crippen LogP contribution in [0.1, 0.15) is 0 Å². The van der Waals surface area contributed by atoms with E-state index in [0.717, 1.165) is 0 Å². The van der Waals surface area contributed by atoms with Crippen molar-refractivity contribution in [2.24, 2.45) is 4.99 Å². The normalized spacial score (nSPS) is 9.67. The molecule has 0 aliphatic heterocycles. The molecule has 0 atom stereocenters. The number of pyridine rings is 1. The maximum absolute atomic E-state index is 9.90. The molecule has 0 bridgehead atoms. The zero-order valence-corrected chi connectivity index (χ0v) is 5.88. The molecular weight excluding hydrogens is 158 g/mol. The summed E-state index contributed by atoms with van der Waals surface area (Å²) in [4.78, 5) is 13.3. The summed E-state index contributed by atoms with van der Waals surface area (Å²) >= 11 is 0. The molecule has 0 fully saturated rings. The van der Waals surface area contributed by atoms with Crippen LogP contribution in [0, 0.1) is 0 Å². The summed E-state index contributed by atoms with van der Waals surface area (Å²) in [5.41, 5.74) is 1.04. The Hall–Kier alpha value is -2.07. The lowest BCUT2D eigenvalue weighted by Gasteiger charge is -1.89. The Bertz CT molecular complexity index is 456. The Balaban J connectivity index is 2.67. The van der Waals surface area contributed by atoms with E-state index in [2.05, 4.69) is 20.5 Å². The van der Waals surface area contributed by atoms with E-state index in [9.17, 15) is 4.79 Å². The van der Waals surface area contributed by atoms with Crippen LogP contribution in [-0.4, -0.2) is 26.1 Å². The lowest BCUT2D eigenvalue weighted by Crippen LogP contribution is -1.84. The van der Waals surface area contributed by atoms with Gasteiger partial charge in [0.2, 0.25) is 6.08 Å². The van der Waals surface area contributed by atoms with Gasteiger partial charge in [-0.25, -0.2) is 9.31 Å². The van der Waals surface area contributed by atoms with E-state index < -0.39 is 0 Å². The van der Waals surface area contributed by atoms with Crippen LogP contribution in [0.5, 0.6) is 0 Å². The molecule has 0 N–H and O–H groups in total. The van der Waals surface area contributed by atoms with E-state index in [1.807, 2.05) is 0 Å². The van der Waals surface area contributed by atoms with E-state index >= 15 is 0 Å². The summed E-state index contributed by atoms with van der Waals surface area (Å²) in [7, 11) is 0. The smallest absolute Gasteiger partial charge is 0.211 e. The highest BCUT2D eigenvalue weighted by molar-refractivity contribution is 5.54. The first kappa shape index (κ1) is 6.63. The molecule has 0 aromatic carbocycles. The first-order chi connectivity index (χ1) is 5.90. The SMILES string of the molecule is O=C=Nc1ccn2nnnc2c1. The molecule has 2 aromatic heterocycles. The van der Waals surface area contributed by atoms with Crippen LogP contribution in [0.15, 0.2) is 23.3 Å². The predicted octanol–water partition coefficient (Wildman–Crippen LogP) is 0.0916. The molecule has 0 amide bonds. The fourth-order valence-corrected chi connectivity index (χ4v) is 0.851. The maximum atomic E-state index is 9.90. The van der Waals surface area contributed by atoms with Gasteiger partial charge in [0, 0.05) is 12.3 Å². The zero-order valence-electron chi connectivity index (χ0n) is 5.88. The first-order valence-electron chi connectivity index (χ1n) is 3.16. The highest BCUT2D eigenvalue weighted by atomic mass is 16.1. The van der Waals surface area contributed by atoms with Gasteiger partial charge in [0.05, 0.1) is 5.69 Å². The lowest BCUT2D eigenvalue weighted by atomic mass is 10.4. The third kappa shape index (κ3) is 0.959. The van der Waals surface area contributed by atoms with E-state index in [-0.39, 0.29) is 0 Å². The molecule has 6 nitrogen and oxygen atoms in total. The molecule has 12 heavy (non-hydrogen) atoms. The van der Waals surface area contributed by atoms with E-state index in [1.54, 1.807) is 18.3 Å². The van der Waals surface area contributed by atoms with Gasteiger partial charge in [-0.3, -0.25) is 0 Å². The van der Waals surface area contributed by atoms with Crippen molar-refractivity contribution in [1.29, 1.82) is 0 Å². The molecule has 2 heterocycles. The Kier molecular flexibility index (Phi) is 1.39. The van der Waals surface area contributed by atoms with Crippen molar-refractivity contribution in [3.8, 4) is 0 Å². The quantitative estimate of drug-likeness (QED) is 0.439. The Morgan fingerprint density at radius 3 is 3.33 bits per heavy atom. The lowest BCUT2D eigenvalue weighted by molar-refractivity contribution is 0.565. The second-order valence-corrected chi connectivity index (χ2v) is 2.07. The van der Waals surface area contributed by atoms with Gasteiger partial charge < -0.3 is 0 Å². The Morgan fingerprint density at radius 1 is 1.58 bits per heavy atom. The van der Waals surface area contributed by atoms with E-state index in [0.29, 0.717) is 11.3 Å². The molecule has 0 aliphatic carbocycles. The average molecular weight is 161 g/mol. The van der Waals surface area contributed by atoms with Gasteiger partial charge in [-0.1, -0.05) is 0 Å².